The lowest BCUT2D eigenvalue weighted by atomic mass is 10.1. The highest BCUT2D eigenvalue weighted by Crippen LogP contribution is 2.31. The third-order valence-electron chi connectivity index (χ3n) is 4.19. The van der Waals surface area contributed by atoms with Crippen molar-refractivity contribution < 1.29 is 18.3 Å². The number of hydrogen-bond acceptors (Lipinski definition) is 4. The standard InChI is InChI=1S/C18H19ClN4O4S/c1-11(2)17-14(9-20-23(17)15-7-5-4-6-13(15)19)21-28(26,27)12-8-16(18(24)25)22(3)10-12/h4-11,21H,1-3H3,(H,24,25). The Morgan fingerprint density at radius 2 is 1.96 bits per heavy atom. The summed E-state index contributed by atoms with van der Waals surface area (Å²) < 4.78 is 30.9. The second-order valence-corrected chi connectivity index (χ2v) is 8.63. The average molecular weight is 423 g/mol. The summed E-state index contributed by atoms with van der Waals surface area (Å²) in [5.41, 5.74) is 1.43. The molecule has 3 rings (SSSR count). The van der Waals surface area contributed by atoms with Crippen molar-refractivity contribution in [3.05, 3.63) is 59.1 Å². The van der Waals surface area contributed by atoms with E-state index < -0.39 is 16.0 Å². The van der Waals surface area contributed by atoms with E-state index in [2.05, 4.69) is 9.82 Å². The molecular formula is C18H19ClN4O4S. The fourth-order valence-corrected chi connectivity index (χ4v) is 4.25. The van der Waals surface area contributed by atoms with Gasteiger partial charge in [0.1, 0.15) is 10.6 Å². The van der Waals surface area contributed by atoms with Gasteiger partial charge in [-0.15, -0.1) is 0 Å². The summed E-state index contributed by atoms with van der Waals surface area (Å²) in [7, 11) is -2.53. The van der Waals surface area contributed by atoms with Gasteiger partial charge < -0.3 is 9.67 Å². The molecule has 0 atom stereocenters. The molecule has 148 valence electrons. The van der Waals surface area contributed by atoms with E-state index in [1.165, 1.54) is 24.0 Å². The number of aryl methyl sites for hydroxylation is 1. The van der Waals surface area contributed by atoms with Crippen LogP contribution < -0.4 is 4.72 Å². The molecule has 2 N–H and O–H groups in total. The maximum atomic E-state index is 12.8. The Morgan fingerprint density at radius 3 is 2.54 bits per heavy atom. The van der Waals surface area contributed by atoms with Crippen molar-refractivity contribution in [3.63, 3.8) is 0 Å². The number of carboxylic acids is 1. The second kappa shape index (κ2) is 7.33. The van der Waals surface area contributed by atoms with E-state index >= 15 is 0 Å². The number of hydrogen-bond donors (Lipinski definition) is 2. The van der Waals surface area contributed by atoms with Crippen LogP contribution in [0.5, 0.6) is 0 Å². The molecule has 0 aliphatic heterocycles. The molecule has 0 fully saturated rings. The Balaban J connectivity index is 2.04. The van der Waals surface area contributed by atoms with E-state index in [-0.39, 0.29) is 16.5 Å². The smallest absolute Gasteiger partial charge is 0.352 e. The Morgan fingerprint density at radius 1 is 1.29 bits per heavy atom. The molecule has 28 heavy (non-hydrogen) atoms. The minimum absolute atomic E-state index is 0.0678. The minimum Gasteiger partial charge on any atom is -0.477 e. The highest BCUT2D eigenvalue weighted by atomic mass is 35.5. The number of sulfonamides is 1. The number of anilines is 1. The van der Waals surface area contributed by atoms with Crippen LogP contribution >= 0.6 is 11.6 Å². The third kappa shape index (κ3) is 3.63. The Hall–Kier alpha value is -2.78. The van der Waals surface area contributed by atoms with E-state index in [0.29, 0.717) is 22.1 Å². The maximum Gasteiger partial charge on any atom is 0.352 e. The van der Waals surface area contributed by atoms with Gasteiger partial charge in [-0.05, 0) is 24.1 Å². The predicted octanol–water partition coefficient (Wildman–Crippen LogP) is 3.49. The summed E-state index contributed by atoms with van der Waals surface area (Å²) in [5.74, 6) is -1.28. The molecule has 0 bridgehead atoms. The summed E-state index contributed by atoms with van der Waals surface area (Å²) in [6, 6.07) is 8.23. The Labute approximate surface area is 167 Å². The summed E-state index contributed by atoms with van der Waals surface area (Å²) in [5, 5.41) is 13.9. The first-order chi connectivity index (χ1) is 13.1. The number of benzene rings is 1. The van der Waals surface area contributed by atoms with Crippen LogP contribution in [0.25, 0.3) is 5.69 Å². The number of carbonyl (C=O) groups is 1. The van der Waals surface area contributed by atoms with Gasteiger partial charge in [0, 0.05) is 13.2 Å². The van der Waals surface area contributed by atoms with Crippen LogP contribution in [-0.4, -0.2) is 33.8 Å². The van der Waals surface area contributed by atoms with Gasteiger partial charge in [-0.1, -0.05) is 37.6 Å². The lowest BCUT2D eigenvalue weighted by Gasteiger charge is -2.14. The first-order valence-corrected chi connectivity index (χ1v) is 10.2. The van der Waals surface area contributed by atoms with E-state index in [1.54, 1.807) is 22.9 Å². The van der Waals surface area contributed by atoms with Crippen LogP contribution in [0.15, 0.2) is 47.6 Å². The molecule has 0 saturated carbocycles. The minimum atomic E-state index is -4.00. The molecule has 2 heterocycles. The van der Waals surface area contributed by atoms with Gasteiger partial charge >= 0.3 is 5.97 Å². The van der Waals surface area contributed by atoms with Crippen molar-refractivity contribution >= 4 is 33.3 Å². The monoisotopic (exact) mass is 422 g/mol. The zero-order chi connectivity index (χ0) is 20.6. The van der Waals surface area contributed by atoms with Gasteiger partial charge in [0.15, 0.2) is 0 Å². The number of para-hydroxylation sites is 1. The SMILES string of the molecule is CC(C)c1c(NS(=O)(=O)c2cc(C(=O)O)n(C)c2)cnn1-c1ccccc1Cl. The number of aromatic nitrogens is 3. The van der Waals surface area contributed by atoms with Crippen molar-refractivity contribution in [2.45, 2.75) is 24.7 Å². The molecular weight excluding hydrogens is 404 g/mol. The number of rotatable bonds is 6. The first-order valence-electron chi connectivity index (χ1n) is 8.37. The van der Waals surface area contributed by atoms with Crippen molar-refractivity contribution in [1.82, 2.24) is 14.3 Å². The van der Waals surface area contributed by atoms with Crippen molar-refractivity contribution in [2.24, 2.45) is 7.05 Å². The predicted molar refractivity (Wildman–Crippen MR) is 106 cm³/mol. The van der Waals surface area contributed by atoms with Crippen LogP contribution in [0, 0.1) is 0 Å². The zero-order valence-electron chi connectivity index (χ0n) is 15.4. The molecule has 10 heteroatoms. The molecule has 0 aliphatic rings. The van der Waals surface area contributed by atoms with Crippen LogP contribution in [0.4, 0.5) is 5.69 Å². The maximum absolute atomic E-state index is 12.8. The van der Waals surface area contributed by atoms with Crippen LogP contribution in [-0.2, 0) is 17.1 Å². The summed E-state index contributed by atoms with van der Waals surface area (Å²) in [6.45, 7) is 3.82. The summed E-state index contributed by atoms with van der Waals surface area (Å²) >= 11 is 6.27. The number of nitrogens with one attached hydrogen (secondary N) is 1. The molecule has 0 unspecified atom stereocenters. The van der Waals surface area contributed by atoms with E-state index in [9.17, 15) is 13.2 Å². The molecule has 2 aromatic heterocycles. The Kier molecular flexibility index (Phi) is 5.22. The molecule has 8 nitrogen and oxygen atoms in total. The summed E-state index contributed by atoms with van der Waals surface area (Å²) in [4.78, 5) is 11.0. The van der Waals surface area contributed by atoms with Gasteiger partial charge in [0.25, 0.3) is 10.0 Å². The Bertz CT molecular complexity index is 1150. The quantitative estimate of drug-likeness (QED) is 0.632. The van der Waals surface area contributed by atoms with E-state index in [0.717, 1.165) is 6.07 Å². The fraction of sp³-hybridized carbons (Fsp3) is 0.222. The van der Waals surface area contributed by atoms with E-state index in [1.807, 2.05) is 19.9 Å². The normalized spacial score (nSPS) is 11.8. The van der Waals surface area contributed by atoms with Gasteiger partial charge in [0.2, 0.25) is 0 Å². The topological polar surface area (TPSA) is 106 Å². The number of aromatic carboxylic acids is 1. The molecule has 0 saturated heterocycles. The molecule has 0 radical (unpaired) electrons. The van der Waals surface area contributed by atoms with Crippen LogP contribution in [0.2, 0.25) is 5.02 Å². The lowest BCUT2D eigenvalue weighted by Crippen LogP contribution is -2.14. The molecule has 0 spiro atoms. The highest BCUT2D eigenvalue weighted by molar-refractivity contribution is 7.92. The van der Waals surface area contributed by atoms with Crippen LogP contribution in [0.1, 0.15) is 35.9 Å². The third-order valence-corrected chi connectivity index (χ3v) is 5.84. The number of carboxylic acid groups (broad SMARTS) is 1. The summed E-state index contributed by atoms with van der Waals surface area (Å²) in [6.07, 6.45) is 2.66. The fourth-order valence-electron chi connectivity index (χ4n) is 2.91. The largest absolute Gasteiger partial charge is 0.477 e. The van der Waals surface area contributed by atoms with Gasteiger partial charge in [-0.2, -0.15) is 5.10 Å². The van der Waals surface area contributed by atoms with Gasteiger partial charge in [-0.25, -0.2) is 17.9 Å². The lowest BCUT2D eigenvalue weighted by molar-refractivity contribution is 0.0686. The highest BCUT2D eigenvalue weighted by Gasteiger charge is 2.24. The molecule has 0 aliphatic carbocycles. The molecule has 0 amide bonds. The first kappa shape index (κ1) is 20.0. The second-order valence-electron chi connectivity index (χ2n) is 6.54. The zero-order valence-corrected chi connectivity index (χ0v) is 17.0. The molecule has 3 aromatic rings. The number of nitrogens with zero attached hydrogens (tertiary/aromatic N) is 3. The van der Waals surface area contributed by atoms with Gasteiger partial charge in [0.05, 0.1) is 28.3 Å². The molecule has 1 aromatic carbocycles. The number of halogens is 1. The average Bonchev–Trinajstić information content (AvgIpc) is 3.19. The van der Waals surface area contributed by atoms with Gasteiger partial charge in [-0.3, -0.25) is 4.72 Å². The van der Waals surface area contributed by atoms with Crippen LogP contribution in [0.3, 0.4) is 0 Å². The van der Waals surface area contributed by atoms with Crippen molar-refractivity contribution in [3.8, 4) is 5.69 Å². The van der Waals surface area contributed by atoms with Crippen molar-refractivity contribution in [2.75, 3.05) is 4.72 Å². The van der Waals surface area contributed by atoms with E-state index in [4.69, 9.17) is 16.7 Å². The van der Waals surface area contributed by atoms with Crippen molar-refractivity contribution in [1.29, 1.82) is 0 Å².